The normalized spacial score (nSPS) is 19.0. The summed E-state index contributed by atoms with van der Waals surface area (Å²) in [6.45, 7) is -0.253. The molecular formula is C15H18BrF3N2O3S. The highest BCUT2D eigenvalue weighted by atomic mass is 79.9. The number of amides is 1. The molecule has 0 spiro atoms. The molecule has 1 aromatic rings. The molecule has 25 heavy (non-hydrogen) atoms. The standard InChI is InChI=1S/C15H18BrF3N2O3S/c16-12-3-5-13(6-4-12)25(23,24)20-8-7-14(22)21-9-1-2-11(10-21)15(17,18)19/h3-6,11,20H,1-2,7-10H2. The molecule has 0 radical (unpaired) electrons. The van der Waals surface area contributed by atoms with Crippen LogP contribution in [0.5, 0.6) is 0 Å². The van der Waals surface area contributed by atoms with E-state index >= 15 is 0 Å². The Morgan fingerprint density at radius 2 is 1.92 bits per heavy atom. The highest BCUT2D eigenvalue weighted by Crippen LogP contribution is 2.33. The average molecular weight is 443 g/mol. The van der Waals surface area contributed by atoms with Gasteiger partial charge < -0.3 is 4.90 Å². The van der Waals surface area contributed by atoms with E-state index < -0.39 is 28.0 Å². The van der Waals surface area contributed by atoms with Crippen LogP contribution in [-0.2, 0) is 14.8 Å². The molecule has 1 amide bonds. The minimum Gasteiger partial charge on any atom is -0.342 e. The number of hydrogen-bond donors (Lipinski definition) is 1. The van der Waals surface area contributed by atoms with Gasteiger partial charge in [0.2, 0.25) is 15.9 Å². The van der Waals surface area contributed by atoms with Crippen LogP contribution in [0.1, 0.15) is 19.3 Å². The number of alkyl halides is 3. The molecule has 0 bridgehead atoms. The van der Waals surface area contributed by atoms with Crippen molar-refractivity contribution >= 4 is 31.9 Å². The second kappa shape index (κ2) is 8.05. The van der Waals surface area contributed by atoms with Gasteiger partial charge in [-0.2, -0.15) is 13.2 Å². The molecule has 1 unspecified atom stereocenters. The zero-order valence-corrected chi connectivity index (χ0v) is 15.6. The fourth-order valence-electron chi connectivity index (χ4n) is 2.62. The maximum atomic E-state index is 12.8. The molecule has 1 saturated heterocycles. The SMILES string of the molecule is O=C(CCNS(=O)(=O)c1ccc(Br)cc1)N1CCCC(C(F)(F)F)C1. The number of halogens is 4. The number of likely N-dealkylation sites (tertiary alicyclic amines) is 1. The van der Waals surface area contributed by atoms with Crippen LogP contribution in [0.25, 0.3) is 0 Å². The van der Waals surface area contributed by atoms with E-state index in [1.165, 1.54) is 12.1 Å². The van der Waals surface area contributed by atoms with Gasteiger partial charge in [-0.05, 0) is 37.1 Å². The number of carbonyl (C=O) groups is 1. The molecule has 1 aromatic carbocycles. The molecule has 1 atom stereocenters. The van der Waals surface area contributed by atoms with Gasteiger partial charge in [0, 0.05) is 30.5 Å². The van der Waals surface area contributed by atoms with Gasteiger partial charge in [-0.15, -0.1) is 0 Å². The summed E-state index contributed by atoms with van der Waals surface area (Å²) in [5.74, 6) is -1.99. The predicted molar refractivity (Wildman–Crippen MR) is 89.3 cm³/mol. The lowest BCUT2D eigenvalue weighted by Crippen LogP contribution is -2.45. The Balaban J connectivity index is 1.86. The molecule has 10 heteroatoms. The quantitative estimate of drug-likeness (QED) is 0.762. The molecule has 1 aliphatic heterocycles. The Bertz CT molecular complexity index is 708. The molecule has 1 N–H and O–H groups in total. The fourth-order valence-corrected chi connectivity index (χ4v) is 3.91. The fraction of sp³-hybridized carbons (Fsp3) is 0.533. The van der Waals surface area contributed by atoms with E-state index in [0.29, 0.717) is 6.42 Å². The van der Waals surface area contributed by atoms with Crippen molar-refractivity contribution in [2.75, 3.05) is 19.6 Å². The van der Waals surface area contributed by atoms with Gasteiger partial charge >= 0.3 is 6.18 Å². The third-order valence-electron chi connectivity index (χ3n) is 3.99. The molecule has 1 aliphatic rings. The first-order valence-corrected chi connectivity index (χ1v) is 9.97. The zero-order valence-electron chi connectivity index (χ0n) is 13.2. The van der Waals surface area contributed by atoms with Crippen LogP contribution >= 0.6 is 15.9 Å². The van der Waals surface area contributed by atoms with Crippen molar-refractivity contribution in [3.05, 3.63) is 28.7 Å². The number of sulfonamides is 1. The van der Waals surface area contributed by atoms with Gasteiger partial charge in [-0.25, -0.2) is 13.1 Å². The molecule has 5 nitrogen and oxygen atoms in total. The van der Waals surface area contributed by atoms with Gasteiger partial charge in [0.25, 0.3) is 0 Å². The Hall–Kier alpha value is -1.13. The summed E-state index contributed by atoms with van der Waals surface area (Å²) in [6.07, 6.45) is -4.19. The van der Waals surface area contributed by atoms with E-state index in [1.807, 2.05) is 0 Å². The van der Waals surface area contributed by atoms with Gasteiger partial charge in [-0.1, -0.05) is 15.9 Å². The van der Waals surface area contributed by atoms with Crippen molar-refractivity contribution in [3.8, 4) is 0 Å². The van der Waals surface area contributed by atoms with E-state index in [0.717, 1.165) is 9.37 Å². The summed E-state index contributed by atoms with van der Waals surface area (Å²) in [6, 6.07) is 5.97. The molecule has 1 heterocycles. The van der Waals surface area contributed by atoms with Crippen molar-refractivity contribution in [1.29, 1.82) is 0 Å². The second-order valence-corrected chi connectivity index (χ2v) is 8.50. The molecule has 2 rings (SSSR count). The number of rotatable bonds is 5. The Morgan fingerprint density at radius 1 is 1.28 bits per heavy atom. The molecule has 0 saturated carbocycles. The van der Waals surface area contributed by atoms with Crippen LogP contribution in [0.4, 0.5) is 13.2 Å². The molecule has 0 aromatic heterocycles. The van der Waals surface area contributed by atoms with Crippen LogP contribution < -0.4 is 4.72 Å². The number of hydrogen-bond acceptors (Lipinski definition) is 3. The smallest absolute Gasteiger partial charge is 0.342 e. The van der Waals surface area contributed by atoms with Crippen molar-refractivity contribution in [3.63, 3.8) is 0 Å². The van der Waals surface area contributed by atoms with Gasteiger partial charge in [-0.3, -0.25) is 4.79 Å². The highest BCUT2D eigenvalue weighted by molar-refractivity contribution is 9.10. The van der Waals surface area contributed by atoms with Crippen LogP contribution in [0.2, 0.25) is 0 Å². The maximum Gasteiger partial charge on any atom is 0.393 e. The lowest BCUT2D eigenvalue weighted by molar-refractivity contribution is -0.188. The van der Waals surface area contributed by atoms with Crippen LogP contribution in [0.3, 0.4) is 0 Å². The number of benzene rings is 1. The van der Waals surface area contributed by atoms with Crippen LogP contribution in [0.15, 0.2) is 33.6 Å². The van der Waals surface area contributed by atoms with Crippen molar-refractivity contribution in [1.82, 2.24) is 9.62 Å². The second-order valence-electron chi connectivity index (χ2n) is 5.82. The topological polar surface area (TPSA) is 66.5 Å². The van der Waals surface area contributed by atoms with E-state index in [-0.39, 0.29) is 37.4 Å². The maximum absolute atomic E-state index is 12.8. The van der Waals surface area contributed by atoms with E-state index in [9.17, 15) is 26.4 Å². The summed E-state index contributed by atoms with van der Waals surface area (Å²) in [5, 5.41) is 0. The number of nitrogens with one attached hydrogen (secondary N) is 1. The summed E-state index contributed by atoms with van der Waals surface area (Å²) >= 11 is 3.20. The highest BCUT2D eigenvalue weighted by Gasteiger charge is 2.42. The van der Waals surface area contributed by atoms with Crippen LogP contribution in [-0.4, -0.2) is 45.0 Å². The Kier molecular flexibility index (Phi) is 6.50. The van der Waals surface area contributed by atoms with Crippen molar-refractivity contribution < 1.29 is 26.4 Å². The summed E-state index contributed by atoms with van der Waals surface area (Å²) in [5.41, 5.74) is 0. The Labute approximate surface area is 152 Å². The number of nitrogens with zero attached hydrogens (tertiary/aromatic N) is 1. The molecule has 0 aliphatic carbocycles. The monoisotopic (exact) mass is 442 g/mol. The van der Waals surface area contributed by atoms with Gasteiger partial charge in [0.05, 0.1) is 10.8 Å². The first-order chi connectivity index (χ1) is 11.6. The zero-order chi connectivity index (χ0) is 18.7. The summed E-state index contributed by atoms with van der Waals surface area (Å²) in [7, 11) is -3.76. The largest absolute Gasteiger partial charge is 0.393 e. The molecule has 1 fully saturated rings. The summed E-state index contributed by atoms with van der Waals surface area (Å²) in [4.78, 5) is 13.3. The predicted octanol–water partition coefficient (Wildman–Crippen LogP) is 2.92. The average Bonchev–Trinajstić information content (AvgIpc) is 2.54. The Morgan fingerprint density at radius 3 is 2.52 bits per heavy atom. The first kappa shape index (κ1) is 20.2. The lowest BCUT2D eigenvalue weighted by atomic mass is 9.97. The van der Waals surface area contributed by atoms with Crippen molar-refractivity contribution in [2.45, 2.75) is 30.3 Å². The minimum atomic E-state index is -4.32. The lowest BCUT2D eigenvalue weighted by Gasteiger charge is -2.33. The summed E-state index contributed by atoms with van der Waals surface area (Å²) < 4.78 is 65.5. The van der Waals surface area contributed by atoms with E-state index in [2.05, 4.69) is 20.7 Å². The number of carbonyl (C=O) groups excluding carboxylic acids is 1. The van der Waals surface area contributed by atoms with Crippen molar-refractivity contribution in [2.24, 2.45) is 5.92 Å². The van der Waals surface area contributed by atoms with Gasteiger partial charge in [0.1, 0.15) is 0 Å². The molecular weight excluding hydrogens is 425 g/mol. The number of piperidine rings is 1. The van der Waals surface area contributed by atoms with E-state index in [4.69, 9.17) is 0 Å². The third kappa shape index (κ3) is 5.68. The van der Waals surface area contributed by atoms with Crippen LogP contribution in [0, 0.1) is 5.92 Å². The third-order valence-corrected chi connectivity index (χ3v) is 6.00. The minimum absolute atomic E-state index is 0.0173. The van der Waals surface area contributed by atoms with Gasteiger partial charge in [0.15, 0.2) is 0 Å². The van der Waals surface area contributed by atoms with E-state index in [1.54, 1.807) is 12.1 Å². The first-order valence-electron chi connectivity index (χ1n) is 7.69. The molecule has 140 valence electrons.